The summed E-state index contributed by atoms with van der Waals surface area (Å²) in [4.78, 5) is 36.9. The predicted molar refractivity (Wildman–Crippen MR) is 130 cm³/mol. The smallest absolute Gasteiger partial charge is 0.407 e. The quantitative estimate of drug-likeness (QED) is 0.504. The number of fused-ring (bicyclic) bond motifs is 3. The fourth-order valence-electron chi connectivity index (χ4n) is 4.94. The van der Waals surface area contributed by atoms with Crippen molar-refractivity contribution >= 4 is 18.0 Å². The summed E-state index contributed by atoms with van der Waals surface area (Å²) in [5, 5.41) is 15.1. The third-order valence-corrected chi connectivity index (χ3v) is 7.01. The summed E-state index contributed by atoms with van der Waals surface area (Å²) in [6, 6.07) is 15.2. The van der Waals surface area contributed by atoms with E-state index < -0.39 is 29.6 Å². The first-order chi connectivity index (χ1) is 16.8. The number of amides is 2. The fraction of sp³-hybridized carbons (Fsp3) is 0.444. The van der Waals surface area contributed by atoms with Gasteiger partial charge in [-0.15, -0.1) is 0 Å². The Balaban J connectivity index is 1.34. The van der Waals surface area contributed by atoms with Crippen molar-refractivity contribution in [2.24, 2.45) is 5.41 Å². The number of carbonyl (C=O) groups excluding carboxylic acids is 2. The van der Waals surface area contributed by atoms with E-state index in [9.17, 15) is 19.5 Å². The topological polar surface area (TPSA) is 114 Å². The number of benzene rings is 2. The summed E-state index contributed by atoms with van der Waals surface area (Å²) in [5.41, 5.74) is 3.40. The van der Waals surface area contributed by atoms with Crippen molar-refractivity contribution in [2.75, 3.05) is 19.8 Å². The molecule has 1 aliphatic heterocycles. The minimum Gasteiger partial charge on any atom is -0.481 e. The molecule has 2 aromatic rings. The van der Waals surface area contributed by atoms with Gasteiger partial charge in [-0.3, -0.25) is 9.59 Å². The van der Waals surface area contributed by atoms with Gasteiger partial charge in [0, 0.05) is 18.4 Å². The minimum absolute atomic E-state index is 0.0320. The number of alkyl carbamates (subject to hydrolysis) is 1. The van der Waals surface area contributed by atoms with Crippen LogP contribution in [0.25, 0.3) is 11.1 Å². The molecule has 0 aromatic heterocycles. The van der Waals surface area contributed by atoms with E-state index in [1.807, 2.05) is 31.2 Å². The maximum absolute atomic E-state index is 12.7. The van der Waals surface area contributed by atoms with Crippen LogP contribution in [0.15, 0.2) is 48.5 Å². The molecule has 2 aromatic carbocycles. The molecule has 4 rings (SSSR count). The van der Waals surface area contributed by atoms with Crippen molar-refractivity contribution in [3.63, 3.8) is 0 Å². The van der Waals surface area contributed by atoms with Gasteiger partial charge in [-0.1, -0.05) is 61.9 Å². The van der Waals surface area contributed by atoms with Gasteiger partial charge in [-0.05, 0) is 35.6 Å². The highest BCUT2D eigenvalue weighted by molar-refractivity contribution is 5.81. The van der Waals surface area contributed by atoms with Crippen LogP contribution in [0.5, 0.6) is 0 Å². The number of nitrogens with one attached hydrogen (secondary N) is 2. The van der Waals surface area contributed by atoms with Crippen molar-refractivity contribution in [3.05, 3.63) is 59.7 Å². The van der Waals surface area contributed by atoms with Gasteiger partial charge in [0.2, 0.25) is 5.91 Å². The van der Waals surface area contributed by atoms with Gasteiger partial charge >= 0.3 is 12.1 Å². The largest absolute Gasteiger partial charge is 0.481 e. The van der Waals surface area contributed by atoms with Crippen LogP contribution in [0.4, 0.5) is 4.79 Å². The van der Waals surface area contributed by atoms with E-state index in [4.69, 9.17) is 9.47 Å². The summed E-state index contributed by atoms with van der Waals surface area (Å²) in [7, 11) is 0. The van der Waals surface area contributed by atoms with E-state index in [0.717, 1.165) is 28.7 Å². The Kier molecular flexibility index (Phi) is 7.40. The first-order valence-corrected chi connectivity index (χ1v) is 12.1. The number of hydrogen-bond acceptors (Lipinski definition) is 5. The molecule has 0 spiro atoms. The summed E-state index contributed by atoms with van der Waals surface area (Å²) in [6.07, 6.45) is 0.817. The van der Waals surface area contributed by atoms with E-state index in [-0.39, 0.29) is 38.1 Å². The van der Waals surface area contributed by atoms with Crippen LogP contribution in [-0.2, 0) is 19.1 Å². The molecule has 3 atom stereocenters. The Hall–Kier alpha value is -3.39. The minimum atomic E-state index is -1.17. The molecule has 1 aliphatic carbocycles. The van der Waals surface area contributed by atoms with Crippen molar-refractivity contribution in [1.82, 2.24) is 10.6 Å². The normalized spacial score (nSPS) is 21.6. The summed E-state index contributed by atoms with van der Waals surface area (Å²) >= 11 is 0. The second-order valence-electron chi connectivity index (χ2n) is 9.52. The zero-order valence-corrected chi connectivity index (χ0v) is 20.1. The Morgan fingerprint density at radius 3 is 2.34 bits per heavy atom. The van der Waals surface area contributed by atoms with Crippen LogP contribution in [0.2, 0.25) is 0 Å². The number of ether oxygens (including phenoxy) is 2. The van der Waals surface area contributed by atoms with Crippen LogP contribution in [0, 0.1) is 5.41 Å². The Labute approximate surface area is 205 Å². The molecule has 3 N–H and O–H groups in total. The van der Waals surface area contributed by atoms with E-state index >= 15 is 0 Å². The lowest BCUT2D eigenvalue weighted by Gasteiger charge is -2.26. The summed E-state index contributed by atoms with van der Waals surface area (Å²) < 4.78 is 10.9. The highest BCUT2D eigenvalue weighted by Gasteiger charge is 2.47. The summed E-state index contributed by atoms with van der Waals surface area (Å²) in [6.45, 7) is 3.92. The molecule has 0 saturated carbocycles. The van der Waals surface area contributed by atoms with Crippen molar-refractivity contribution in [2.45, 2.75) is 51.1 Å². The van der Waals surface area contributed by atoms with E-state index in [0.29, 0.717) is 6.42 Å². The second kappa shape index (κ2) is 10.5. The monoisotopic (exact) mass is 480 g/mol. The van der Waals surface area contributed by atoms with Crippen LogP contribution in [0.3, 0.4) is 0 Å². The predicted octanol–water partition coefficient (Wildman–Crippen LogP) is 3.69. The molecule has 0 radical (unpaired) electrons. The first-order valence-electron chi connectivity index (χ1n) is 12.1. The molecule has 35 heavy (non-hydrogen) atoms. The second-order valence-corrected chi connectivity index (χ2v) is 9.52. The first kappa shape index (κ1) is 24.7. The number of carbonyl (C=O) groups is 3. The zero-order chi connectivity index (χ0) is 25.0. The lowest BCUT2D eigenvalue weighted by molar-refractivity contribution is -0.149. The average Bonchev–Trinajstić information content (AvgIpc) is 3.36. The van der Waals surface area contributed by atoms with Gasteiger partial charge in [0.05, 0.1) is 19.3 Å². The van der Waals surface area contributed by atoms with Crippen LogP contribution in [0.1, 0.15) is 50.2 Å². The maximum atomic E-state index is 12.7. The number of hydrogen-bond donors (Lipinski definition) is 3. The molecule has 1 fully saturated rings. The molecule has 1 saturated heterocycles. The molecule has 8 heteroatoms. The Bertz CT molecular complexity index is 1060. The molecule has 2 amide bonds. The van der Waals surface area contributed by atoms with Gasteiger partial charge in [-0.2, -0.15) is 0 Å². The zero-order valence-electron chi connectivity index (χ0n) is 20.1. The van der Waals surface area contributed by atoms with Gasteiger partial charge in [-0.25, -0.2) is 4.79 Å². The third-order valence-electron chi connectivity index (χ3n) is 7.01. The molecule has 8 nitrogen and oxygen atoms in total. The van der Waals surface area contributed by atoms with E-state index in [1.54, 1.807) is 6.92 Å². The molecular formula is C27H32N2O6. The Morgan fingerprint density at radius 2 is 1.74 bits per heavy atom. The molecule has 2 aliphatic rings. The molecule has 1 heterocycles. The molecule has 0 bridgehead atoms. The highest BCUT2D eigenvalue weighted by Crippen LogP contribution is 2.44. The number of carboxylic acid groups (broad SMARTS) is 1. The van der Waals surface area contributed by atoms with Crippen LogP contribution < -0.4 is 10.6 Å². The highest BCUT2D eigenvalue weighted by atomic mass is 16.5. The van der Waals surface area contributed by atoms with Gasteiger partial charge in [0.15, 0.2) is 0 Å². The Morgan fingerprint density at radius 1 is 1.11 bits per heavy atom. The van der Waals surface area contributed by atoms with Gasteiger partial charge < -0.3 is 25.2 Å². The van der Waals surface area contributed by atoms with Crippen LogP contribution in [-0.4, -0.2) is 55.0 Å². The third kappa shape index (κ3) is 5.17. The number of aliphatic carboxylic acids is 1. The summed E-state index contributed by atoms with van der Waals surface area (Å²) in [5.74, 6) is -1.38. The van der Waals surface area contributed by atoms with Crippen molar-refractivity contribution in [1.29, 1.82) is 0 Å². The van der Waals surface area contributed by atoms with E-state index in [2.05, 4.69) is 34.9 Å². The lowest BCUT2D eigenvalue weighted by atomic mass is 9.85. The lowest BCUT2D eigenvalue weighted by Crippen LogP contribution is -2.51. The van der Waals surface area contributed by atoms with E-state index in [1.165, 1.54) is 0 Å². The van der Waals surface area contributed by atoms with Gasteiger partial charge in [0.25, 0.3) is 0 Å². The van der Waals surface area contributed by atoms with Gasteiger partial charge in [0.1, 0.15) is 12.0 Å². The molecule has 2 unspecified atom stereocenters. The fourth-order valence-corrected chi connectivity index (χ4v) is 4.94. The number of rotatable bonds is 9. The SMILES string of the molecule is CCC[C@H](CC(=O)NC1COCC1(C)C(=O)O)NC(=O)OCC1c2ccccc2-c2ccccc21. The maximum Gasteiger partial charge on any atom is 0.407 e. The molecular weight excluding hydrogens is 448 g/mol. The average molecular weight is 481 g/mol. The standard InChI is InChI=1S/C27H32N2O6/c1-3-8-17(13-24(30)29-23-15-34-16-27(23,2)25(31)32)28-26(33)35-14-22-20-11-6-4-9-18(20)19-10-5-7-12-21(19)22/h4-7,9-12,17,22-23H,3,8,13-16H2,1-2H3,(H,28,33)(H,29,30)(H,31,32)/t17-,23?,27?/m1/s1. The van der Waals surface area contributed by atoms with Crippen molar-refractivity contribution in [3.8, 4) is 11.1 Å². The van der Waals surface area contributed by atoms with Crippen molar-refractivity contribution < 1.29 is 29.0 Å². The number of carboxylic acids is 1. The molecule has 186 valence electrons. The van der Waals surface area contributed by atoms with Crippen LogP contribution >= 0.6 is 0 Å².